The van der Waals surface area contributed by atoms with E-state index in [1.54, 1.807) is 19.1 Å². The van der Waals surface area contributed by atoms with E-state index in [9.17, 15) is 4.39 Å². The Balaban J connectivity index is 1.81. The Morgan fingerprint density at radius 3 is 2.58 bits per heavy atom. The summed E-state index contributed by atoms with van der Waals surface area (Å²) in [6, 6.07) is 12.9. The maximum absolute atomic E-state index is 13.1. The molecule has 0 aliphatic carbocycles. The summed E-state index contributed by atoms with van der Waals surface area (Å²) >= 11 is 0. The second-order valence-corrected chi connectivity index (χ2v) is 4.50. The minimum atomic E-state index is -0.203. The van der Waals surface area contributed by atoms with Crippen molar-refractivity contribution in [1.29, 1.82) is 0 Å². The molecule has 19 heavy (non-hydrogen) atoms. The Bertz CT molecular complexity index is 554. The van der Waals surface area contributed by atoms with Crippen molar-refractivity contribution in [3.8, 4) is 5.75 Å². The smallest absolute Gasteiger partial charge is 0.126 e. The molecule has 2 rings (SSSR count). The molecule has 0 saturated heterocycles. The number of para-hydroxylation sites is 1. The van der Waals surface area contributed by atoms with Gasteiger partial charge in [0.1, 0.15) is 18.2 Å². The van der Waals surface area contributed by atoms with Crippen molar-refractivity contribution in [1.82, 2.24) is 0 Å². The molecule has 2 aromatic carbocycles. The fraction of sp³-hybridized carbons (Fsp3) is 0.250. The van der Waals surface area contributed by atoms with Crippen LogP contribution in [0.2, 0.25) is 0 Å². The molecule has 0 fully saturated rings. The van der Waals surface area contributed by atoms with Gasteiger partial charge in [0.2, 0.25) is 0 Å². The molecule has 0 atom stereocenters. The van der Waals surface area contributed by atoms with E-state index in [2.05, 4.69) is 18.3 Å². The van der Waals surface area contributed by atoms with E-state index in [4.69, 9.17) is 4.74 Å². The summed E-state index contributed by atoms with van der Waals surface area (Å²) in [5.41, 5.74) is 2.92. The first kappa shape index (κ1) is 13.4. The van der Waals surface area contributed by atoms with Gasteiger partial charge in [0, 0.05) is 12.2 Å². The van der Waals surface area contributed by atoms with Gasteiger partial charge < -0.3 is 10.1 Å². The first-order chi connectivity index (χ1) is 9.16. The van der Waals surface area contributed by atoms with Gasteiger partial charge in [-0.1, -0.05) is 18.2 Å². The van der Waals surface area contributed by atoms with Gasteiger partial charge in [-0.15, -0.1) is 0 Å². The number of hydrogen-bond acceptors (Lipinski definition) is 2. The second-order valence-electron chi connectivity index (χ2n) is 4.50. The fourth-order valence-corrected chi connectivity index (χ4v) is 1.83. The van der Waals surface area contributed by atoms with Gasteiger partial charge in [-0.2, -0.15) is 0 Å². The van der Waals surface area contributed by atoms with Crippen LogP contribution in [0.3, 0.4) is 0 Å². The molecule has 0 spiro atoms. The zero-order chi connectivity index (χ0) is 13.7. The number of halogens is 1. The Kier molecular flexibility index (Phi) is 4.39. The summed E-state index contributed by atoms with van der Waals surface area (Å²) < 4.78 is 18.7. The van der Waals surface area contributed by atoms with Crippen molar-refractivity contribution < 1.29 is 9.13 Å². The summed E-state index contributed by atoms with van der Waals surface area (Å²) in [7, 11) is 0. The van der Waals surface area contributed by atoms with Crippen molar-refractivity contribution in [3.05, 3.63) is 59.4 Å². The number of rotatable bonds is 5. The summed E-state index contributed by atoms with van der Waals surface area (Å²) in [5.74, 6) is 0.496. The zero-order valence-electron chi connectivity index (χ0n) is 11.2. The van der Waals surface area contributed by atoms with Gasteiger partial charge in [0.05, 0.1) is 0 Å². The van der Waals surface area contributed by atoms with Gasteiger partial charge in [-0.25, -0.2) is 4.39 Å². The van der Waals surface area contributed by atoms with Crippen LogP contribution >= 0.6 is 0 Å². The maximum atomic E-state index is 13.1. The first-order valence-electron chi connectivity index (χ1n) is 6.35. The van der Waals surface area contributed by atoms with Crippen LogP contribution in [0.15, 0.2) is 42.5 Å². The number of aryl methyl sites for hydroxylation is 2. The Hall–Kier alpha value is -2.03. The third-order valence-electron chi connectivity index (χ3n) is 2.96. The van der Waals surface area contributed by atoms with Crippen LogP contribution in [-0.4, -0.2) is 13.2 Å². The van der Waals surface area contributed by atoms with Crippen molar-refractivity contribution >= 4 is 5.69 Å². The molecule has 0 aromatic heterocycles. The van der Waals surface area contributed by atoms with Crippen LogP contribution in [0.25, 0.3) is 0 Å². The Morgan fingerprint density at radius 2 is 1.84 bits per heavy atom. The molecule has 0 aliphatic heterocycles. The third kappa shape index (κ3) is 3.71. The van der Waals surface area contributed by atoms with Crippen LogP contribution < -0.4 is 10.1 Å². The van der Waals surface area contributed by atoms with Gasteiger partial charge in [-0.05, 0) is 49.2 Å². The van der Waals surface area contributed by atoms with E-state index in [0.717, 1.165) is 5.69 Å². The number of benzene rings is 2. The molecule has 3 heteroatoms. The van der Waals surface area contributed by atoms with Crippen LogP contribution in [0, 0.1) is 19.7 Å². The van der Waals surface area contributed by atoms with Crippen molar-refractivity contribution in [3.63, 3.8) is 0 Å². The van der Waals surface area contributed by atoms with Crippen LogP contribution in [0.4, 0.5) is 10.1 Å². The van der Waals surface area contributed by atoms with E-state index in [-0.39, 0.29) is 5.82 Å². The zero-order valence-corrected chi connectivity index (χ0v) is 11.2. The molecule has 0 saturated carbocycles. The van der Waals surface area contributed by atoms with Crippen molar-refractivity contribution in [2.24, 2.45) is 0 Å². The summed E-state index contributed by atoms with van der Waals surface area (Å²) in [4.78, 5) is 0. The average Bonchev–Trinajstić information content (AvgIpc) is 2.40. The minimum Gasteiger partial charge on any atom is -0.492 e. The first-order valence-corrected chi connectivity index (χ1v) is 6.35. The maximum Gasteiger partial charge on any atom is 0.126 e. The molecule has 0 aliphatic rings. The Morgan fingerprint density at radius 1 is 1.05 bits per heavy atom. The molecule has 1 N–H and O–H groups in total. The van der Waals surface area contributed by atoms with E-state index in [1.165, 1.54) is 11.6 Å². The van der Waals surface area contributed by atoms with E-state index >= 15 is 0 Å². The number of ether oxygens (including phenoxy) is 1. The summed E-state index contributed by atoms with van der Waals surface area (Å²) in [5, 5.41) is 3.31. The molecular formula is C16H18FNO. The van der Waals surface area contributed by atoms with Crippen molar-refractivity contribution in [2.75, 3.05) is 18.5 Å². The molecule has 2 aromatic rings. The van der Waals surface area contributed by atoms with Gasteiger partial charge in [-0.3, -0.25) is 0 Å². The predicted molar refractivity (Wildman–Crippen MR) is 76.3 cm³/mol. The van der Waals surface area contributed by atoms with Crippen LogP contribution in [0.5, 0.6) is 5.75 Å². The van der Waals surface area contributed by atoms with Gasteiger partial charge in [0.25, 0.3) is 0 Å². The lowest BCUT2D eigenvalue weighted by atomic mass is 10.2. The molecule has 0 amide bonds. The minimum absolute atomic E-state index is 0.203. The lowest BCUT2D eigenvalue weighted by molar-refractivity contribution is 0.332. The molecule has 0 unspecified atom stereocenters. The highest BCUT2D eigenvalue weighted by Crippen LogP contribution is 2.16. The molecular weight excluding hydrogens is 241 g/mol. The van der Waals surface area contributed by atoms with E-state index in [0.29, 0.717) is 24.5 Å². The highest BCUT2D eigenvalue weighted by Gasteiger charge is 2.00. The molecule has 2 nitrogen and oxygen atoms in total. The predicted octanol–water partition coefficient (Wildman–Crippen LogP) is 3.93. The quantitative estimate of drug-likeness (QED) is 0.821. The number of anilines is 1. The monoisotopic (exact) mass is 259 g/mol. The largest absolute Gasteiger partial charge is 0.492 e. The summed E-state index contributed by atoms with van der Waals surface area (Å²) in [6.45, 7) is 5.04. The topological polar surface area (TPSA) is 21.3 Å². The molecule has 100 valence electrons. The second kappa shape index (κ2) is 6.23. The number of nitrogens with one attached hydrogen (secondary N) is 1. The van der Waals surface area contributed by atoms with E-state index < -0.39 is 0 Å². The summed E-state index contributed by atoms with van der Waals surface area (Å²) in [6.07, 6.45) is 0. The average molecular weight is 259 g/mol. The van der Waals surface area contributed by atoms with Gasteiger partial charge >= 0.3 is 0 Å². The Labute approximate surface area is 113 Å². The normalized spacial score (nSPS) is 10.3. The number of hydrogen-bond donors (Lipinski definition) is 1. The highest BCUT2D eigenvalue weighted by atomic mass is 19.1. The SMILES string of the molecule is Cc1cc(OCCNc2ccccc2C)ccc1F. The van der Waals surface area contributed by atoms with Gasteiger partial charge in [0.15, 0.2) is 0 Å². The molecule has 0 bridgehead atoms. The van der Waals surface area contributed by atoms with E-state index in [1.807, 2.05) is 18.2 Å². The van der Waals surface area contributed by atoms with Crippen molar-refractivity contribution in [2.45, 2.75) is 13.8 Å². The van der Waals surface area contributed by atoms with Crippen LogP contribution in [0.1, 0.15) is 11.1 Å². The van der Waals surface area contributed by atoms with Crippen LogP contribution in [-0.2, 0) is 0 Å². The lowest BCUT2D eigenvalue weighted by Crippen LogP contribution is -2.12. The highest BCUT2D eigenvalue weighted by molar-refractivity contribution is 5.50. The lowest BCUT2D eigenvalue weighted by Gasteiger charge is -2.11. The third-order valence-corrected chi connectivity index (χ3v) is 2.96. The fourth-order valence-electron chi connectivity index (χ4n) is 1.83. The standard InChI is InChI=1S/C16H18FNO/c1-12-5-3-4-6-16(12)18-9-10-19-14-7-8-15(17)13(2)11-14/h3-8,11,18H,9-10H2,1-2H3. The molecule has 0 radical (unpaired) electrons. The molecule has 0 heterocycles.